The van der Waals surface area contributed by atoms with Crippen LogP contribution in [0.2, 0.25) is 0 Å². The monoisotopic (exact) mass is 677 g/mol. The minimum absolute atomic E-state index is 0.185. The number of benzene rings is 3. The van der Waals surface area contributed by atoms with Crippen molar-refractivity contribution in [2.24, 2.45) is 0 Å². The molecule has 1 amide bonds. The van der Waals surface area contributed by atoms with Crippen LogP contribution >= 0.6 is 0 Å². The summed E-state index contributed by atoms with van der Waals surface area (Å²) in [6.45, 7) is 16.7. The highest BCUT2D eigenvalue weighted by molar-refractivity contribution is 5.79. The zero-order valence-electron chi connectivity index (χ0n) is 28.8. The molecule has 1 aromatic heterocycles. The van der Waals surface area contributed by atoms with Crippen LogP contribution in [0.5, 0.6) is 0 Å². The van der Waals surface area contributed by atoms with Crippen molar-refractivity contribution in [1.82, 2.24) is 24.8 Å². The Kier molecular flexibility index (Phi) is 11.8. The highest BCUT2D eigenvalue weighted by atomic mass is 16.6. The number of anilines is 4. The van der Waals surface area contributed by atoms with Crippen LogP contribution in [0.25, 0.3) is 4.85 Å². The van der Waals surface area contributed by atoms with Crippen molar-refractivity contribution >= 4 is 41.3 Å². The minimum Gasteiger partial charge on any atom is -0.467 e. The molecule has 0 bridgehead atoms. The van der Waals surface area contributed by atoms with Crippen LogP contribution in [-0.2, 0) is 33.8 Å². The van der Waals surface area contributed by atoms with Gasteiger partial charge in [-0.3, -0.25) is 4.90 Å². The van der Waals surface area contributed by atoms with Crippen LogP contribution < -0.4 is 16.0 Å². The molecule has 4 aromatic rings. The third kappa shape index (κ3) is 10.6. The van der Waals surface area contributed by atoms with Gasteiger partial charge in [-0.25, -0.2) is 14.4 Å². The molecule has 0 unspecified atom stereocenters. The van der Waals surface area contributed by atoms with Gasteiger partial charge in [-0.2, -0.15) is 15.0 Å². The summed E-state index contributed by atoms with van der Waals surface area (Å²) >= 11 is 0. The molecule has 1 atom stereocenters. The van der Waals surface area contributed by atoms with Crippen LogP contribution in [-0.4, -0.2) is 81.7 Å². The fourth-order valence-electron chi connectivity index (χ4n) is 5.34. The molecule has 1 aliphatic heterocycles. The van der Waals surface area contributed by atoms with Gasteiger partial charge in [-0.1, -0.05) is 66.7 Å². The second kappa shape index (κ2) is 16.6. The summed E-state index contributed by atoms with van der Waals surface area (Å²) in [6.07, 6.45) is 0.0145. The molecule has 3 N–H and O–H groups in total. The maximum Gasteiger partial charge on any atom is 0.410 e. The van der Waals surface area contributed by atoms with E-state index in [1.165, 1.54) is 7.11 Å². The lowest BCUT2D eigenvalue weighted by atomic mass is 10.1. The molecule has 2 heterocycles. The van der Waals surface area contributed by atoms with Crippen molar-refractivity contribution in [3.63, 3.8) is 0 Å². The van der Waals surface area contributed by atoms with Crippen LogP contribution in [0, 0.1) is 6.57 Å². The molecule has 1 saturated heterocycles. The quantitative estimate of drug-likeness (QED) is 0.120. The zero-order chi connectivity index (χ0) is 35.5. The van der Waals surface area contributed by atoms with Crippen LogP contribution in [0.3, 0.4) is 0 Å². The third-order valence-corrected chi connectivity index (χ3v) is 7.84. The Labute approximate surface area is 292 Å². The number of nitrogens with one attached hydrogen (secondary N) is 3. The second-order valence-electron chi connectivity index (χ2n) is 12.9. The first-order valence-corrected chi connectivity index (χ1v) is 16.5. The molecular formula is C37H43N9O4. The molecule has 13 heteroatoms. The first-order valence-electron chi connectivity index (χ1n) is 16.5. The summed E-state index contributed by atoms with van der Waals surface area (Å²) in [4.78, 5) is 46.7. The number of methoxy groups -OCH3 is 1. The molecular weight excluding hydrogens is 634 g/mol. The summed E-state index contributed by atoms with van der Waals surface area (Å²) in [7, 11) is 1.33. The van der Waals surface area contributed by atoms with Crippen LogP contribution in [0.4, 0.5) is 34.0 Å². The van der Waals surface area contributed by atoms with Gasteiger partial charge >= 0.3 is 12.1 Å². The smallest absolute Gasteiger partial charge is 0.410 e. The average molecular weight is 678 g/mol. The Morgan fingerprint density at radius 2 is 1.54 bits per heavy atom. The van der Waals surface area contributed by atoms with E-state index in [1.807, 2.05) is 81.4 Å². The van der Waals surface area contributed by atoms with Crippen molar-refractivity contribution < 1.29 is 19.1 Å². The number of esters is 1. The van der Waals surface area contributed by atoms with E-state index in [9.17, 15) is 9.59 Å². The number of nitrogens with zero attached hydrogens (tertiary/aromatic N) is 6. The molecule has 0 aliphatic carbocycles. The fraction of sp³-hybridized carbons (Fsp3) is 0.351. The van der Waals surface area contributed by atoms with E-state index in [2.05, 4.69) is 46.7 Å². The highest BCUT2D eigenvalue weighted by Gasteiger charge is 2.26. The van der Waals surface area contributed by atoms with Crippen molar-refractivity contribution in [2.75, 3.05) is 49.2 Å². The van der Waals surface area contributed by atoms with Crippen molar-refractivity contribution in [3.05, 3.63) is 107 Å². The van der Waals surface area contributed by atoms with E-state index in [-0.39, 0.29) is 18.0 Å². The molecule has 260 valence electrons. The number of carbonyl (C=O) groups excluding carboxylic acids is 2. The first-order chi connectivity index (χ1) is 24.1. The Morgan fingerprint density at radius 3 is 2.22 bits per heavy atom. The summed E-state index contributed by atoms with van der Waals surface area (Å²) in [5.74, 6) is 0.307. The van der Waals surface area contributed by atoms with Gasteiger partial charge < -0.3 is 30.3 Å². The van der Waals surface area contributed by atoms with Gasteiger partial charge in [0.2, 0.25) is 17.8 Å². The number of piperazine rings is 1. The molecule has 1 aliphatic rings. The largest absolute Gasteiger partial charge is 0.467 e. The van der Waals surface area contributed by atoms with Gasteiger partial charge in [-0.05, 0) is 49.6 Å². The summed E-state index contributed by atoms with van der Waals surface area (Å²) in [5, 5.41) is 9.71. The standard InChI is InChI=1S/C37H43N9O4/c1-37(2,3)50-36(48)46-20-18-45(19-21-46)25-28-12-9-13-30(22-28)40-34-42-33(39-24-27-10-7-6-8-11-27)43-35(44-34)41-31(32(47)49-5)23-26-14-16-29(38-4)17-15-26/h6-17,22,31H,18-21,23-25H2,1-3,5H3,(H3,39,40,41,42,43,44)/t31-/m0/s1. The van der Waals surface area contributed by atoms with Gasteiger partial charge in [0.25, 0.3) is 0 Å². The summed E-state index contributed by atoms with van der Waals surface area (Å²) in [5.41, 5.74) is 3.76. The Bertz CT molecular complexity index is 1780. The molecule has 1 fully saturated rings. The Hall–Kier alpha value is -5.74. The van der Waals surface area contributed by atoms with Crippen LogP contribution in [0.1, 0.15) is 37.5 Å². The number of hydrogen-bond acceptors (Lipinski definition) is 11. The molecule has 3 aromatic carbocycles. The van der Waals surface area contributed by atoms with Crippen molar-refractivity contribution in [1.29, 1.82) is 0 Å². The van der Waals surface area contributed by atoms with Gasteiger partial charge in [0.15, 0.2) is 5.69 Å². The predicted octanol–water partition coefficient (Wildman–Crippen LogP) is 6.03. The maximum absolute atomic E-state index is 12.9. The number of ether oxygens (including phenoxy) is 2. The van der Waals surface area contributed by atoms with E-state index >= 15 is 0 Å². The summed E-state index contributed by atoms with van der Waals surface area (Å²) in [6, 6.07) is 24.1. The Balaban J connectivity index is 1.30. The van der Waals surface area contributed by atoms with E-state index < -0.39 is 17.6 Å². The minimum atomic E-state index is -0.796. The lowest BCUT2D eigenvalue weighted by Gasteiger charge is -2.35. The van der Waals surface area contributed by atoms with Crippen molar-refractivity contribution in [2.45, 2.75) is 51.9 Å². The van der Waals surface area contributed by atoms with Crippen LogP contribution in [0.15, 0.2) is 78.9 Å². The maximum atomic E-state index is 12.9. The molecule has 50 heavy (non-hydrogen) atoms. The Morgan fingerprint density at radius 1 is 0.860 bits per heavy atom. The van der Waals surface area contributed by atoms with Gasteiger partial charge in [0.05, 0.1) is 13.7 Å². The number of rotatable bonds is 12. The number of carbonyl (C=O) groups is 2. The topological polar surface area (TPSA) is 138 Å². The lowest BCUT2D eigenvalue weighted by Crippen LogP contribution is -2.49. The fourth-order valence-corrected chi connectivity index (χ4v) is 5.34. The van der Waals surface area contributed by atoms with E-state index in [0.717, 1.165) is 35.5 Å². The molecule has 0 spiro atoms. The van der Waals surface area contributed by atoms with Crippen molar-refractivity contribution in [3.8, 4) is 0 Å². The number of amides is 1. The normalized spacial score (nSPS) is 13.9. The molecule has 13 nitrogen and oxygen atoms in total. The van der Waals surface area contributed by atoms with Gasteiger partial charge in [0, 0.05) is 51.4 Å². The van der Waals surface area contributed by atoms with E-state index in [4.69, 9.17) is 16.0 Å². The average Bonchev–Trinajstić information content (AvgIpc) is 3.10. The molecule has 0 radical (unpaired) electrons. The van der Waals surface area contributed by atoms with E-state index in [1.54, 1.807) is 17.0 Å². The van der Waals surface area contributed by atoms with E-state index in [0.29, 0.717) is 44.2 Å². The number of aromatic nitrogens is 3. The highest BCUT2D eigenvalue weighted by Crippen LogP contribution is 2.21. The molecule has 0 saturated carbocycles. The second-order valence-corrected chi connectivity index (χ2v) is 12.9. The summed E-state index contributed by atoms with van der Waals surface area (Å²) < 4.78 is 10.6. The number of hydrogen-bond donors (Lipinski definition) is 3. The molecule has 5 rings (SSSR count). The predicted molar refractivity (Wildman–Crippen MR) is 192 cm³/mol. The van der Waals surface area contributed by atoms with Gasteiger partial charge in [-0.15, -0.1) is 0 Å². The lowest BCUT2D eigenvalue weighted by molar-refractivity contribution is -0.141. The first kappa shape index (κ1) is 35.6. The SMILES string of the molecule is [C-]#[N+]c1ccc(C[C@H](Nc2nc(NCc3ccccc3)nc(Nc3cccc(CN4CCN(C(=O)OC(C)(C)C)CC4)c3)n2)C(=O)OC)cc1. The zero-order valence-corrected chi connectivity index (χ0v) is 28.8. The van der Waals surface area contributed by atoms with Gasteiger partial charge in [0.1, 0.15) is 11.6 Å². The third-order valence-electron chi connectivity index (χ3n) is 7.84.